The van der Waals surface area contributed by atoms with Gasteiger partial charge in [0.2, 0.25) is 0 Å². The van der Waals surface area contributed by atoms with Gasteiger partial charge in [-0.25, -0.2) is 8.42 Å². The van der Waals surface area contributed by atoms with Gasteiger partial charge in [0, 0.05) is 5.69 Å². The molecular weight excluding hydrogens is 236 g/mol. The number of para-hydroxylation sites is 2. The second-order valence-corrected chi connectivity index (χ2v) is 5.16. The number of nitrogens with one attached hydrogen (secondary N) is 1. The molecule has 17 heavy (non-hydrogen) atoms. The van der Waals surface area contributed by atoms with Gasteiger partial charge in [-0.1, -0.05) is 30.3 Å². The molecule has 0 aliphatic heterocycles. The van der Waals surface area contributed by atoms with Crippen molar-refractivity contribution in [1.82, 2.24) is 0 Å². The molecular formula is C12H12N2O2S. The summed E-state index contributed by atoms with van der Waals surface area (Å²) in [4.78, 5) is 0.0869. The van der Waals surface area contributed by atoms with Crippen LogP contribution in [0.1, 0.15) is 0 Å². The fourth-order valence-corrected chi connectivity index (χ4v) is 2.63. The van der Waals surface area contributed by atoms with E-state index in [0.29, 0.717) is 5.69 Å². The third-order valence-electron chi connectivity index (χ3n) is 2.23. The molecule has 0 heterocycles. The van der Waals surface area contributed by atoms with Crippen LogP contribution in [0.2, 0.25) is 0 Å². The molecule has 0 saturated carbocycles. The number of nitrogen functional groups attached to an aromatic ring is 1. The first-order valence-corrected chi connectivity index (χ1v) is 6.50. The molecule has 4 nitrogen and oxygen atoms in total. The Kier molecular flexibility index (Phi) is 3.01. The molecule has 0 aliphatic carbocycles. The first kappa shape index (κ1) is 11.5. The van der Waals surface area contributed by atoms with Crippen LogP contribution in [0, 0.1) is 0 Å². The molecule has 0 amide bonds. The summed E-state index contributed by atoms with van der Waals surface area (Å²) in [7, 11) is -3.62. The maximum Gasteiger partial charge on any atom is 0.263 e. The third kappa shape index (κ3) is 2.57. The quantitative estimate of drug-likeness (QED) is 0.817. The van der Waals surface area contributed by atoms with Crippen molar-refractivity contribution in [3.8, 4) is 0 Å². The highest BCUT2D eigenvalue weighted by molar-refractivity contribution is 7.92. The molecule has 2 rings (SSSR count). The fraction of sp³-hybridized carbons (Fsp3) is 0. The minimum absolute atomic E-state index is 0.0869. The zero-order chi connectivity index (χ0) is 12.3. The topological polar surface area (TPSA) is 72.2 Å². The predicted octanol–water partition coefficient (Wildman–Crippen LogP) is 2.07. The van der Waals surface area contributed by atoms with Crippen molar-refractivity contribution in [3.63, 3.8) is 0 Å². The maximum absolute atomic E-state index is 12.0. The number of sulfonamides is 1. The second-order valence-electron chi connectivity index (χ2n) is 3.51. The van der Waals surface area contributed by atoms with Gasteiger partial charge in [0.15, 0.2) is 0 Å². The minimum Gasteiger partial charge on any atom is -0.398 e. The van der Waals surface area contributed by atoms with E-state index in [4.69, 9.17) is 5.73 Å². The zero-order valence-corrected chi connectivity index (χ0v) is 9.81. The van der Waals surface area contributed by atoms with Crippen molar-refractivity contribution in [2.24, 2.45) is 0 Å². The summed E-state index contributed by atoms with van der Waals surface area (Å²) >= 11 is 0. The molecule has 88 valence electrons. The minimum atomic E-state index is -3.62. The van der Waals surface area contributed by atoms with E-state index in [9.17, 15) is 8.42 Å². The van der Waals surface area contributed by atoms with Crippen LogP contribution in [0.15, 0.2) is 59.5 Å². The Morgan fingerprint density at radius 2 is 1.47 bits per heavy atom. The van der Waals surface area contributed by atoms with E-state index in [1.165, 1.54) is 6.07 Å². The van der Waals surface area contributed by atoms with Crippen LogP contribution in [0.4, 0.5) is 11.4 Å². The van der Waals surface area contributed by atoms with Gasteiger partial charge < -0.3 is 5.73 Å². The highest BCUT2D eigenvalue weighted by Crippen LogP contribution is 2.20. The summed E-state index contributed by atoms with van der Waals surface area (Å²) < 4.78 is 26.5. The maximum atomic E-state index is 12.0. The van der Waals surface area contributed by atoms with Gasteiger partial charge in [0.1, 0.15) is 4.90 Å². The lowest BCUT2D eigenvalue weighted by atomic mass is 10.3. The summed E-state index contributed by atoms with van der Waals surface area (Å²) in [5, 5.41) is 0. The Morgan fingerprint density at radius 1 is 0.882 bits per heavy atom. The number of hydrogen-bond acceptors (Lipinski definition) is 3. The van der Waals surface area contributed by atoms with Crippen molar-refractivity contribution >= 4 is 21.4 Å². The van der Waals surface area contributed by atoms with E-state index in [1.54, 1.807) is 42.5 Å². The molecule has 3 N–H and O–H groups in total. The summed E-state index contributed by atoms with van der Waals surface area (Å²) in [5.41, 5.74) is 6.38. The van der Waals surface area contributed by atoms with Crippen LogP contribution >= 0.6 is 0 Å². The molecule has 0 atom stereocenters. The zero-order valence-electron chi connectivity index (χ0n) is 9.00. The van der Waals surface area contributed by atoms with Crippen LogP contribution in [-0.2, 0) is 10.0 Å². The molecule has 0 fully saturated rings. The molecule has 0 radical (unpaired) electrons. The van der Waals surface area contributed by atoms with E-state index < -0.39 is 10.0 Å². The molecule has 0 saturated heterocycles. The average Bonchev–Trinajstić information content (AvgIpc) is 2.30. The van der Waals surface area contributed by atoms with Crippen LogP contribution < -0.4 is 10.5 Å². The summed E-state index contributed by atoms with van der Waals surface area (Å²) in [6.07, 6.45) is 0. The predicted molar refractivity (Wildman–Crippen MR) is 68.1 cm³/mol. The average molecular weight is 248 g/mol. The van der Waals surface area contributed by atoms with Crippen LogP contribution in [0.3, 0.4) is 0 Å². The largest absolute Gasteiger partial charge is 0.398 e. The Bertz CT molecular complexity index is 609. The van der Waals surface area contributed by atoms with Gasteiger partial charge >= 0.3 is 0 Å². The van der Waals surface area contributed by atoms with Gasteiger partial charge in [-0.3, -0.25) is 4.72 Å². The smallest absolute Gasteiger partial charge is 0.263 e. The number of rotatable bonds is 3. The van der Waals surface area contributed by atoms with E-state index in [0.717, 1.165) is 0 Å². The van der Waals surface area contributed by atoms with Gasteiger partial charge in [-0.15, -0.1) is 0 Å². The van der Waals surface area contributed by atoms with Crippen molar-refractivity contribution in [2.45, 2.75) is 4.90 Å². The number of benzene rings is 2. The highest BCUT2D eigenvalue weighted by atomic mass is 32.2. The first-order chi connectivity index (χ1) is 8.09. The highest BCUT2D eigenvalue weighted by Gasteiger charge is 2.16. The number of hydrogen-bond donors (Lipinski definition) is 2. The molecule has 5 heteroatoms. The molecule has 2 aromatic rings. The van der Waals surface area contributed by atoms with E-state index >= 15 is 0 Å². The number of nitrogens with two attached hydrogens (primary N) is 1. The van der Waals surface area contributed by atoms with Crippen molar-refractivity contribution in [2.75, 3.05) is 10.5 Å². The second kappa shape index (κ2) is 4.47. The lowest BCUT2D eigenvalue weighted by molar-refractivity contribution is 0.601. The molecule has 0 spiro atoms. The van der Waals surface area contributed by atoms with Gasteiger partial charge in [0.05, 0.1) is 5.69 Å². The van der Waals surface area contributed by atoms with E-state index in [-0.39, 0.29) is 10.6 Å². The molecule has 0 aliphatic rings. The Balaban J connectivity index is 2.36. The standard InChI is InChI=1S/C12H12N2O2S/c13-11-8-4-5-9-12(11)17(15,16)14-10-6-2-1-3-7-10/h1-9,14H,13H2. The Labute approximate surface area is 100 Å². The van der Waals surface area contributed by atoms with Gasteiger partial charge in [-0.05, 0) is 24.3 Å². The Morgan fingerprint density at radius 3 is 2.12 bits per heavy atom. The van der Waals surface area contributed by atoms with Crippen molar-refractivity contribution < 1.29 is 8.42 Å². The van der Waals surface area contributed by atoms with E-state index in [1.807, 2.05) is 6.07 Å². The molecule has 0 unspecified atom stereocenters. The summed E-state index contributed by atoms with van der Waals surface area (Å²) in [6.45, 7) is 0. The lowest BCUT2D eigenvalue weighted by Gasteiger charge is -2.09. The van der Waals surface area contributed by atoms with Gasteiger partial charge in [-0.2, -0.15) is 0 Å². The Hall–Kier alpha value is -2.01. The number of anilines is 2. The van der Waals surface area contributed by atoms with Crippen LogP contribution in [-0.4, -0.2) is 8.42 Å². The normalized spacial score (nSPS) is 11.1. The molecule has 0 bridgehead atoms. The van der Waals surface area contributed by atoms with Crippen LogP contribution in [0.5, 0.6) is 0 Å². The fourth-order valence-electron chi connectivity index (χ4n) is 1.44. The third-order valence-corrected chi connectivity index (χ3v) is 3.69. The summed E-state index contributed by atoms with van der Waals surface area (Å²) in [6, 6.07) is 15.0. The molecule has 2 aromatic carbocycles. The lowest BCUT2D eigenvalue weighted by Crippen LogP contribution is -2.14. The molecule has 0 aromatic heterocycles. The van der Waals surface area contributed by atoms with Crippen molar-refractivity contribution in [1.29, 1.82) is 0 Å². The van der Waals surface area contributed by atoms with Crippen molar-refractivity contribution in [3.05, 3.63) is 54.6 Å². The SMILES string of the molecule is Nc1ccccc1S(=O)(=O)Nc1ccccc1. The van der Waals surface area contributed by atoms with Gasteiger partial charge in [0.25, 0.3) is 10.0 Å². The van der Waals surface area contributed by atoms with E-state index in [2.05, 4.69) is 4.72 Å². The summed E-state index contributed by atoms with van der Waals surface area (Å²) in [5.74, 6) is 0. The first-order valence-electron chi connectivity index (χ1n) is 5.02. The monoisotopic (exact) mass is 248 g/mol. The van der Waals surface area contributed by atoms with Crippen LogP contribution in [0.25, 0.3) is 0 Å².